The summed E-state index contributed by atoms with van der Waals surface area (Å²) < 4.78 is 13.3. The number of aliphatic hydroxyl groups excluding tert-OH is 2. The highest BCUT2D eigenvalue weighted by Gasteiger charge is 2.04. The number of rotatable bonds is 4. The first-order chi connectivity index (χ1) is 6.63. The molecule has 0 heterocycles. The first-order valence-corrected chi connectivity index (χ1v) is 4.90. The van der Waals surface area contributed by atoms with Gasteiger partial charge < -0.3 is 15.5 Å². The van der Waals surface area contributed by atoms with E-state index in [9.17, 15) is 4.39 Å². The summed E-state index contributed by atoms with van der Waals surface area (Å²) in [5.74, 6) is -0.329. The lowest BCUT2D eigenvalue weighted by atomic mass is 10.3. The number of halogens is 2. The third-order valence-corrected chi connectivity index (χ3v) is 2.33. The molecule has 0 spiro atoms. The van der Waals surface area contributed by atoms with Crippen LogP contribution in [-0.4, -0.2) is 29.5 Å². The summed E-state index contributed by atoms with van der Waals surface area (Å²) in [7, 11) is 0. The molecule has 0 fully saturated rings. The van der Waals surface area contributed by atoms with E-state index in [0.29, 0.717) is 10.2 Å². The number of anilines is 1. The molecule has 14 heavy (non-hydrogen) atoms. The Hall–Kier alpha value is -0.650. The Kier molecular flexibility index (Phi) is 4.31. The Morgan fingerprint density at radius 1 is 1.50 bits per heavy atom. The van der Waals surface area contributed by atoms with Gasteiger partial charge in [-0.2, -0.15) is 0 Å². The molecule has 0 saturated carbocycles. The van der Waals surface area contributed by atoms with Crippen molar-refractivity contribution in [3.63, 3.8) is 0 Å². The standard InChI is InChI=1S/C9H11BrFNO2/c10-8-3-6(11)1-2-9(8)12-4-7(14)5-13/h1-3,7,12-14H,4-5H2/t7-/m0/s1. The van der Waals surface area contributed by atoms with Gasteiger partial charge in [0.1, 0.15) is 5.82 Å². The van der Waals surface area contributed by atoms with E-state index in [1.54, 1.807) is 6.07 Å². The van der Waals surface area contributed by atoms with Gasteiger partial charge in [0.2, 0.25) is 0 Å². The Bertz CT molecular complexity index is 309. The van der Waals surface area contributed by atoms with Crippen LogP contribution in [-0.2, 0) is 0 Å². The predicted octanol–water partition coefficient (Wildman–Crippen LogP) is 1.35. The zero-order valence-corrected chi connectivity index (χ0v) is 8.96. The van der Waals surface area contributed by atoms with E-state index in [-0.39, 0.29) is 19.0 Å². The Labute approximate surface area is 89.7 Å². The summed E-state index contributed by atoms with van der Waals surface area (Å²) in [4.78, 5) is 0. The van der Waals surface area contributed by atoms with Crippen molar-refractivity contribution in [3.8, 4) is 0 Å². The second-order valence-corrected chi connectivity index (χ2v) is 3.70. The van der Waals surface area contributed by atoms with Crippen molar-refractivity contribution in [1.82, 2.24) is 0 Å². The minimum Gasteiger partial charge on any atom is -0.394 e. The summed E-state index contributed by atoms with van der Waals surface area (Å²) in [6.45, 7) is -0.0768. The predicted molar refractivity (Wildman–Crippen MR) is 55.7 cm³/mol. The Morgan fingerprint density at radius 2 is 2.21 bits per heavy atom. The highest BCUT2D eigenvalue weighted by atomic mass is 79.9. The molecule has 78 valence electrons. The minimum atomic E-state index is -0.813. The molecule has 5 heteroatoms. The molecular formula is C9H11BrFNO2. The van der Waals surface area contributed by atoms with Crippen molar-refractivity contribution >= 4 is 21.6 Å². The number of nitrogens with one attached hydrogen (secondary N) is 1. The summed E-state index contributed by atoms with van der Waals surface area (Å²) in [6.07, 6.45) is -0.813. The zero-order valence-electron chi connectivity index (χ0n) is 7.37. The summed E-state index contributed by atoms with van der Waals surface area (Å²) in [5.41, 5.74) is 0.680. The van der Waals surface area contributed by atoms with Gasteiger partial charge in [-0.05, 0) is 34.1 Å². The van der Waals surface area contributed by atoms with Crippen LogP contribution in [0.15, 0.2) is 22.7 Å². The smallest absolute Gasteiger partial charge is 0.124 e. The minimum absolute atomic E-state index is 0.223. The van der Waals surface area contributed by atoms with Crippen molar-refractivity contribution in [1.29, 1.82) is 0 Å². The van der Waals surface area contributed by atoms with Crippen LogP contribution in [0.25, 0.3) is 0 Å². The average molecular weight is 264 g/mol. The van der Waals surface area contributed by atoms with Gasteiger partial charge in [0.05, 0.1) is 12.7 Å². The van der Waals surface area contributed by atoms with Gasteiger partial charge in [-0.3, -0.25) is 0 Å². The van der Waals surface area contributed by atoms with Crippen LogP contribution in [0.4, 0.5) is 10.1 Å². The Morgan fingerprint density at radius 3 is 2.79 bits per heavy atom. The molecule has 1 aromatic carbocycles. The topological polar surface area (TPSA) is 52.5 Å². The lowest BCUT2D eigenvalue weighted by Gasteiger charge is -2.11. The van der Waals surface area contributed by atoms with Gasteiger partial charge in [0.15, 0.2) is 0 Å². The van der Waals surface area contributed by atoms with Crippen LogP contribution in [0.1, 0.15) is 0 Å². The number of benzene rings is 1. The SMILES string of the molecule is OC[C@@H](O)CNc1ccc(F)cc1Br. The molecule has 0 saturated heterocycles. The normalized spacial score (nSPS) is 12.6. The lowest BCUT2D eigenvalue weighted by Crippen LogP contribution is -2.23. The van der Waals surface area contributed by atoms with E-state index in [1.807, 2.05) is 0 Å². The molecule has 0 aromatic heterocycles. The van der Waals surface area contributed by atoms with E-state index in [4.69, 9.17) is 10.2 Å². The number of hydrogen-bond acceptors (Lipinski definition) is 3. The van der Waals surface area contributed by atoms with E-state index in [2.05, 4.69) is 21.2 Å². The van der Waals surface area contributed by atoms with E-state index in [1.165, 1.54) is 12.1 Å². The highest BCUT2D eigenvalue weighted by molar-refractivity contribution is 9.10. The van der Waals surface area contributed by atoms with Crippen molar-refractivity contribution in [3.05, 3.63) is 28.5 Å². The van der Waals surface area contributed by atoms with Crippen LogP contribution in [0.2, 0.25) is 0 Å². The monoisotopic (exact) mass is 263 g/mol. The maximum absolute atomic E-state index is 12.7. The maximum Gasteiger partial charge on any atom is 0.124 e. The van der Waals surface area contributed by atoms with Crippen molar-refractivity contribution < 1.29 is 14.6 Å². The number of hydrogen-bond donors (Lipinski definition) is 3. The molecule has 0 bridgehead atoms. The zero-order chi connectivity index (χ0) is 10.6. The van der Waals surface area contributed by atoms with Gasteiger partial charge in [-0.25, -0.2) is 4.39 Å². The first-order valence-electron chi connectivity index (χ1n) is 4.11. The summed E-state index contributed by atoms with van der Waals surface area (Å²) in [5, 5.41) is 20.5. The van der Waals surface area contributed by atoms with Crippen LogP contribution in [0, 0.1) is 5.82 Å². The van der Waals surface area contributed by atoms with Crippen LogP contribution >= 0.6 is 15.9 Å². The quantitative estimate of drug-likeness (QED) is 0.769. The largest absolute Gasteiger partial charge is 0.394 e. The number of aliphatic hydroxyl groups is 2. The van der Waals surface area contributed by atoms with Crippen molar-refractivity contribution in [2.24, 2.45) is 0 Å². The van der Waals surface area contributed by atoms with Crippen LogP contribution in [0.3, 0.4) is 0 Å². The molecule has 1 aromatic rings. The molecule has 3 N–H and O–H groups in total. The average Bonchev–Trinajstić information content (AvgIpc) is 2.16. The van der Waals surface area contributed by atoms with E-state index < -0.39 is 6.10 Å². The fourth-order valence-electron chi connectivity index (χ4n) is 0.925. The lowest BCUT2D eigenvalue weighted by molar-refractivity contribution is 0.105. The van der Waals surface area contributed by atoms with Gasteiger partial charge in [0, 0.05) is 16.7 Å². The second kappa shape index (κ2) is 5.29. The van der Waals surface area contributed by atoms with E-state index >= 15 is 0 Å². The van der Waals surface area contributed by atoms with Crippen molar-refractivity contribution in [2.75, 3.05) is 18.5 Å². The van der Waals surface area contributed by atoms with Crippen LogP contribution < -0.4 is 5.32 Å². The molecule has 0 aliphatic rings. The fourth-order valence-corrected chi connectivity index (χ4v) is 1.42. The van der Waals surface area contributed by atoms with E-state index in [0.717, 1.165) is 0 Å². The van der Waals surface area contributed by atoms with Crippen molar-refractivity contribution in [2.45, 2.75) is 6.10 Å². The molecule has 0 aliphatic heterocycles. The van der Waals surface area contributed by atoms with Gasteiger partial charge in [0.25, 0.3) is 0 Å². The molecule has 1 rings (SSSR count). The van der Waals surface area contributed by atoms with Crippen LogP contribution in [0.5, 0.6) is 0 Å². The molecule has 1 atom stereocenters. The molecule has 0 aliphatic carbocycles. The third-order valence-electron chi connectivity index (χ3n) is 1.67. The Balaban J connectivity index is 2.59. The summed E-state index contributed by atoms with van der Waals surface area (Å²) in [6, 6.07) is 4.20. The maximum atomic E-state index is 12.7. The molecule has 0 radical (unpaired) electrons. The molecule has 0 unspecified atom stereocenters. The molecule has 3 nitrogen and oxygen atoms in total. The third kappa shape index (κ3) is 3.25. The fraction of sp³-hybridized carbons (Fsp3) is 0.333. The molecule has 0 amide bonds. The second-order valence-electron chi connectivity index (χ2n) is 2.84. The van der Waals surface area contributed by atoms with Gasteiger partial charge in [-0.15, -0.1) is 0 Å². The van der Waals surface area contributed by atoms with Gasteiger partial charge >= 0.3 is 0 Å². The first kappa shape index (κ1) is 11.4. The highest BCUT2D eigenvalue weighted by Crippen LogP contribution is 2.22. The van der Waals surface area contributed by atoms with Gasteiger partial charge in [-0.1, -0.05) is 0 Å². The molecular weight excluding hydrogens is 253 g/mol. The summed E-state index contributed by atoms with van der Waals surface area (Å²) >= 11 is 3.17.